The van der Waals surface area contributed by atoms with Gasteiger partial charge in [0, 0.05) is 17.8 Å². The van der Waals surface area contributed by atoms with Crippen molar-refractivity contribution in [1.82, 2.24) is 9.55 Å². The smallest absolute Gasteiger partial charge is 0.276 e. The van der Waals surface area contributed by atoms with E-state index in [4.69, 9.17) is 0 Å². The van der Waals surface area contributed by atoms with Crippen LogP contribution in [0.3, 0.4) is 0 Å². The van der Waals surface area contributed by atoms with Crippen LogP contribution in [0.5, 0.6) is 0 Å². The van der Waals surface area contributed by atoms with E-state index in [0.717, 1.165) is 30.8 Å². The van der Waals surface area contributed by atoms with Gasteiger partial charge in [-0.25, -0.2) is 0 Å². The van der Waals surface area contributed by atoms with Crippen LogP contribution in [0.4, 0.5) is 0 Å². The Bertz CT molecular complexity index is 379. The summed E-state index contributed by atoms with van der Waals surface area (Å²) in [5, 5.41) is 0. The summed E-state index contributed by atoms with van der Waals surface area (Å²) in [4.78, 5) is 15.2. The molecular formula is C9H12N2O. The first-order chi connectivity index (χ1) is 5.70. The highest BCUT2D eigenvalue weighted by molar-refractivity contribution is 5.20. The van der Waals surface area contributed by atoms with Gasteiger partial charge < -0.3 is 4.57 Å². The third-order valence-electron chi connectivity index (χ3n) is 2.53. The maximum absolute atomic E-state index is 11.3. The molecule has 0 bridgehead atoms. The van der Waals surface area contributed by atoms with Crippen molar-refractivity contribution < 1.29 is 0 Å². The van der Waals surface area contributed by atoms with E-state index in [-0.39, 0.29) is 5.56 Å². The van der Waals surface area contributed by atoms with Crippen LogP contribution in [-0.4, -0.2) is 9.55 Å². The van der Waals surface area contributed by atoms with E-state index in [1.54, 1.807) is 0 Å². The minimum absolute atomic E-state index is 0.0550. The highest BCUT2D eigenvalue weighted by atomic mass is 16.1. The first-order valence-corrected chi connectivity index (χ1v) is 4.27. The fraction of sp³-hybridized carbons (Fsp3) is 0.556. The Morgan fingerprint density at radius 1 is 1.42 bits per heavy atom. The van der Waals surface area contributed by atoms with Gasteiger partial charge in [-0.15, -0.1) is 0 Å². The van der Waals surface area contributed by atoms with Gasteiger partial charge in [0.05, 0.1) is 0 Å². The van der Waals surface area contributed by atoms with Crippen LogP contribution in [0.1, 0.15) is 23.5 Å². The van der Waals surface area contributed by atoms with Gasteiger partial charge in [0.25, 0.3) is 5.56 Å². The van der Waals surface area contributed by atoms with Gasteiger partial charge >= 0.3 is 0 Å². The molecule has 1 aliphatic rings. The zero-order valence-corrected chi connectivity index (χ0v) is 7.42. The molecule has 12 heavy (non-hydrogen) atoms. The van der Waals surface area contributed by atoms with Gasteiger partial charge in [-0.05, 0) is 26.7 Å². The molecular weight excluding hydrogens is 152 g/mol. The first kappa shape index (κ1) is 7.53. The van der Waals surface area contributed by atoms with E-state index in [1.807, 2.05) is 13.8 Å². The summed E-state index contributed by atoms with van der Waals surface area (Å²) in [6, 6.07) is 0. The lowest BCUT2D eigenvalue weighted by Gasteiger charge is -2.08. The molecule has 2 rings (SSSR count). The Hall–Kier alpha value is -1.12. The van der Waals surface area contributed by atoms with Gasteiger partial charge in [-0.3, -0.25) is 4.79 Å². The van der Waals surface area contributed by atoms with Crippen LogP contribution in [0.15, 0.2) is 4.79 Å². The predicted octanol–water partition coefficient (Wildman–Crippen LogP) is 0.806. The molecule has 1 aliphatic heterocycles. The highest BCUT2D eigenvalue weighted by Gasteiger charge is 2.15. The minimum atomic E-state index is -0.0550. The molecule has 64 valence electrons. The summed E-state index contributed by atoms with van der Waals surface area (Å²) in [6.07, 6.45) is 2.18. The predicted molar refractivity (Wildman–Crippen MR) is 46.3 cm³/mol. The molecule has 3 nitrogen and oxygen atoms in total. The van der Waals surface area contributed by atoms with Crippen molar-refractivity contribution in [2.45, 2.75) is 33.2 Å². The van der Waals surface area contributed by atoms with Crippen LogP contribution < -0.4 is 5.56 Å². The molecule has 0 aromatic carbocycles. The summed E-state index contributed by atoms with van der Waals surface area (Å²) in [6.45, 7) is 4.79. The van der Waals surface area contributed by atoms with Crippen LogP contribution in [0.25, 0.3) is 0 Å². The fourth-order valence-corrected chi connectivity index (χ4v) is 1.84. The van der Waals surface area contributed by atoms with Crippen LogP contribution in [0.2, 0.25) is 0 Å². The van der Waals surface area contributed by atoms with E-state index in [1.165, 1.54) is 5.69 Å². The first-order valence-electron chi connectivity index (χ1n) is 4.27. The third kappa shape index (κ3) is 0.891. The number of hydrogen-bond donors (Lipinski definition) is 0. The topological polar surface area (TPSA) is 34.9 Å². The van der Waals surface area contributed by atoms with Crippen molar-refractivity contribution >= 4 is 0 Å². The van der Waals surface area contributed by atoms with Crippen LogP contribution in [-0.2, 0) is 13.0 Å². The lowest BCUT2D eigenvalue weighted by atomic mass is 10.2. The standard InChI is InChI=1S/C9H12N2O/c1-6-8-4-3-5-11(8)7(2)10-9(6)12/h3-5H2,1-2H3. The second kappa shape index (κ2) is 2.44. The van der Waals surface area contributed by atoms with Gasteiger partial charge in [0.2, 0.25) is 0 Å². The molecule has 0 unspecified atom stereocenters. The number of rotatable bonds is 0. The molecule has 2 heterocycles. The maximum atomic E-state index is 11.3. The van der Waals surface area contributed by atoms with Crippen molar-refractivity contribution in [1.29, 1.82) is 0 Å². The molecule has 0 radical (unpaired) electrons. The van der Waals surface area contributed by atoms with Crippen molar-refractivity contribution in [2.24, 2.45) is 0 Å². The summed E-state index contributed by atoms with van der Waals surface area (Å²) in [5.74, 6) is 0.859. The van der Waals surface area contributed by atoms with Gasteiger partial charge in [0.15, 0.2) is 0 Å². The zero-order valence-electron chi connectivity index (χ0n) is 7.42. The summed E-state index contributed by atoms with van der Waals surface area (Å²) < 4.78 is 2.15. The summed E-state index contributed by atoms with van der Waals surface area (Å²) >= 11 is 0. The second-order valence-electron chi connectivity index (χ2n) is 3.29. The Balaban J connectivity index is 2.78. The number of aromatic nitrogens is 2. The van der Waals surface area contributed by atoms with E-state index in [9.17, 15) is 4.79 Å². The fourth-order valence-electron chi connectivity index (χ4n) is 1.84. The molecule has 1 aromatic rings. The molecule has 0 atom stereocenters. The van der Waals surface area contributed by atoms with E-state index in [0.29, 0.717) is 0 Å². The van der Waals surface area contributed by atoms with Gasteiger partial charge in [-0.1, -0.05) is 0 Å². The van der Waals surface area contributed by atoms with Crippen molar-refractivity contribution in [3.05, 3.63) is 27.4 Å². The molecule has 0 saturated carbocycles. The second-order valence-corrected chi connectivity index (χ2v) is 3.29. The average Bonchev–Trinajstić information content (AvgIpc) is 2.48. The average molecular weight is 164 g/mol. The summed E-state index contributed by atoms with van der Waals surface area (Å²) in [7, 11) is 0. The van der Waals surface area contributed by atoms with Crippen LogP contribution in [0, 0.1) is 13.8 Å². The maximum Gasteiger partial charge on any atom is 0.276 e. The molecule has 1 aromatic heterocycles. The van der Waals surface area contributed by atoms with Gasteiger partial charge in [-0.2, -0.15) is 4.98 Å². The molecule has 0 spiro atoms. The Kier molecular flexibility index (Phi) is 1.53. The lowest BCUT2D eigenvalue weighted by Crippen LogP contribution is -2.19. The molecule has 0 saturated heterocycles. The van der Waals surface area contributed by atoms with E-state index < -0.39 is 0 Å². The van der Waals surface area contributed by atoms with E-state index in [2.05, 4.69) is 9.55 Å². The Morgan fingerprint density at radius 2 is 2.17 bits per heavy atom. The number of nitrogens with zero attached hydrogens (tertiary/aromatic N) is 2. The summed E-state index contributed by atoms with van der Waals surface area (Å²) in [5.41, 5.74) is 1.96. The molecule has 0 amide bonds. The molecule has 0 aliphatic carbocycles. The monoisotopic (exact) mass is 164 g/mol. The molecule has 0 fully saturated rings. The lowest BCUT2D eigenvalue weighted by molar-refractivity contribution is 0.691. The highest BCUT2D eigenvalue weighted by Crippen LogP contribution is 2.16. The van der Waals surface area contributed by atoms with Crippen LogP contribution >= 0.6 is 0 Å². The number of aryl methyl sites for hydroxylation is 1. The van der Waals surface area contributed by atoms with Gasteiger partial charge in [0.1, 0.15) is 5.82 Å². The Morgan fingerprint density at radius 3 is 2.92 bits per heavy atom. The largest absolute Gasteiger partial charge is 0.333 e. The van der Waals surface area contributed by atoms with Crippen molar-refractivity contribution in [3.8, 4) is 0 Å². The molecule has 3 heteroatoms. The number of hydrogen-bond acceptors (Lipinski definition) is 2. The third-order valence-corrected chi connectivity index (χ3v) is 2.53. The molecule has 0 N–H and O–H groups in total. The minimum Gasteiger partial charge on any atom is -0.333 e. The quantitative estimate of drug-likeness (QED) is 0.568. The van der Waals surface area contributed by atoms with Crippen molar-refractivity contribution in [2.75, 3.05) is 0 Å². The normalized spacial score (nSPS) is 14.8. The zero-order chi connectivity index (χ0) is 8.72. The number of fused-ring (bicyclic) bond motifs is 1. The SMILES string of the molecule is Cc1c2n(c(C)nc1=O)CCC2. The van der Waals surface area contributed by atoms with E-state index >= 15 is 0 Å². The van der Waals surface area contributed by atoms with Crippen molar-refractivity contribution in [3.63, 3.8) is 0 Å². The Labute approximate surface area is 71.1 Å².